The van der Waals surface area contributed by atoms with E-state index in [1.807, 2.05) is 24.3 Å². The molecule has 0 aliphatic carbocycles. The number of pyridine rings is 1. The molecule has 0 spiro atoms. The van der Waals surface area contributed by atoms with Crippen LogP contribution in [-0.2, 0) is 0 Å². The second-order valence-electron chi connectivity index (χ2n) is 4.56. The molecular formula is C14H11BrClN3OS. The molecule has 1 unspecified atom stereocenters. The maximum absolute atomic E-state index is 7.43. The maximum atomic E-state index is 7.43. The lowest BCUT2D eigenvalue weighted by Crippen LogP contribution is -2.15. The van der Waals surface area contributed by atoms with Gasteiger partial charge in [0.15, 0.2) is 5.17 Å². The smallest absolute Gasteiger partial charge is 0.151 e. The molecule has 0 fully saturated rings. The van der Waals surface area contributed by atoms with E-state index in [1.54, 1.807) is 6.20 Å². The summed E-state index contributed by atoms with van der Waals surface area (Å²) in [6.45, 7) is 0. The number of ether oxygens (including phenoxy) is 1. The van der Waals surface area contributed by atoms with E-state index in [0.29, 0.717) is 16.7 Å². The van der Waals surface area contributed by atoms with Crippen LogP contribution in [0.3, 0.4) is 0 Å². The quantitative estimate of drug-likeness (QED) is 0.458. The summed E-state index contributed by atoms with van der Waals surface area (Å²) < 4.78 is 6.87. The fourth-order valence-electron chi connectivity index (χ4n) is 2.31. The van der Waals surface area contributed by atoms with Crippen molar-refractivity contribution < 1.29 is 4.74 Å². The lowest BCUT2D eigenvalue weighted by atomic mass is 9.90. The highest BCUT2D eigenvalue weighted by molar-refractivity contribution is 9.10. The number of amidine groups is 1. The average Bonchev–Trinajstić information content (AvgIpc) is 2.44. The molecule has 2 heterocycles. The minimum atomic E-state index is 0.0515. The van der Waals surface area contributed by atoms with Gasteiger partial charge in [0.25, 0.3) is 0 Å². The van der Waals surface area contributed by atoms with Crippen LogP contribution in [0.2, 0.25) is 5.15 Å². The van der Waals surface area contributed by atoms with Gasteiger partial charge in [0.2, 0.25) is 0 Å². The van der Waals surface area contributed by atoms with Gasteiger partial charge in [-0.3, -0.25) is 5.41 Å². The average molecular weight is 385 g/mol. The number of hydrogen-bond acceptors (Lipinski definition) is 4. The number of nitrogens with zero attached hydrogens (tertiary/aromatic N) is 1. The Morgan fingerprint density at radius 3 is 2.90 bits per heavy atom. The molecule has 3 rings (SSSR count). The summed E-state index contributed by atoms with van der Waals surface area (Å²) in [6.07, 6.45) is 1.63. The number of rotatable bonds is 2. The summed E-state index contributed by atoms with van der Waals surface area (Å²) in [4.78, 5) is 4.07. The van der Waals surface area contributed by atoms with Crippen molar-refractivity contribution >= 4 is 44.5 Å². The van der Waals surface area contributed by atoms with Crippen LogP contribution in [0.4, 0.5) is 0 Å². The molecule has 1 aliphatic rings. The highest BCUT2D eigenvalue weighted by atomic mass is 79.9. The highest BCUT2D eigenvalue weighted by Gasteiger charge is 2.28. The van der Waals surface area contributed by atoms with Crippen LogP contribution in [0.1, 0.15) is 17.0 Å². The molecule has 0 saturated carbocycles. The molecule has 2 aromatic rings. The number of hydrogen-bond donors (Lipinski definition) is 2. The molecule has 1 aromatic heterocycles. The lowest BCUT2D eigenvalue weighted by molar-refractivity contribution is 0.448. The van der Waals surface area contributed by atoms with Crippen LogP contribution in [0.5, 0.6) is 11.5 Å². The molecular weight excluding hydrogens is 374 g/mol. The largest absolute Gasteiger partial charge is 0.455 e. The molecule has 0 amide bonds. The number of aromatic nitrogens is 1. The van der Waals surface area contributed by atoms with Gasteiger partial charge in [-0.25, -0.2) is 4.98 Å². The first-order valence-electron chi connectivity index (χ1n) is 6.14. The van der Waals surface area contributed by atoms with E-state index in [-0.39, 0.29) is 11.1 Å². The summed E-state index contributed by atoms with van der Waals surface area (Å²) in [5, 5.41) is 7.95. The first-order chi connectivity index (χ1) is 10.0. The summed E-state index contributed by atoms with van der Waals surface area (Å²) in [5.41, 5.74) is 7.49. The zero-order chi connectivity index (χ0) is 15.0. The summed E-state index contributed by atoms with van der Waals surface area (Å²) in [5.74, 6) is 2.19. The van der Waals surface area contributed by atoms with Crippen molar-refractivity contribution in [2.24, 2.45) is 5.73 Å². The minimum absolute atomic E-state index is 0.0515. The van der Waals surface area contributed by atoms with Gasteiger partial charge in [-0.15, -0.1) is 0 Å². The van der Waals surface area contributed by atoms with Crippen LogP contribution in [0, 0.1) is 5.41 Å². The van der Waals surface area contributed by atoms with Crippen LogP contribution in [0.25, 0.3) is 0 Å². The summed E-state index contributed by atoms with van der Waals surface area (Å²) in [6, 6.07) is 7.69. The fourth-order valence-corrected chi connectivity index (χ4v) is 3.56. The molecule has 108 valence electrons. The van der Waals surface area contributed by atoms with Crippen molar-refractivity contribution in [2.75, 3.05) is 5.75 Å². The number of halogens is 2. The second kappa shape index (κ2) is 5.87. The SMILES string of the molecule is N=C(N)SCC1c2cc(Br)ccc2Oc2cnc(Cl)cc21. The van der Waals surface area contributed by atoms with Crippen molar-refractivity contribution in [1.82, 2.24) is 4.98 Å². The Kier molecular flexibility index (Phi) is 4.10. The highest BCUT2D eigenvalue weighted by Crippen LogP contribution is 2.46. The molecule has 0 radical (unpaired) electrons. The summed E-state index contributed by atoms with van der Waals surface area (Å²) in [7, 11) is 0. The van der Waals surface area contributed by atoms with Crippen LogP contribution < -0.4 is 10.5 Å². The van der Waals surface area contributed by atoms with Gasteiger partial charge in [0, 0.05) is 27.3 Å². The Balaban J connectivity index is 2.09. The predicted octanol–water partition coefficient (Wildman–Crippen LogP) is 4.36. The van der Waals surface area contributed by atoms with E-state index in [1.165, 1.54) is 11.8 Å². The monoisotopic (exact) mass is 383 g/mol. The second-order valence-corrected chi connectivity index (χ2v) is 6.92. The van der Waals surface area contributed by atoms with Crippen molar-refractivity contribution in [3.63, 3.8) is 0 Å². The number of fused-ring (bicyclic) bond motifs is 2. The molecule has 7 heteroatoms. The van der Waals surface area contributed by atoms with Gasteiger partial charge in [0.1, 0.15) is 16.7 Å². The molecule has 21 heavy (non-hydrogen) atoms. The van der Waals surface area contributed by atoms with Gasteiger partial charge in [-0.05, 0) is 24.3 Å². The zero-order valence-corrected chi connectivity index (χ0v) is 13.9. The molecule has 4 nitrogen and oxygen atoms in total. The summed E-state index contributed by atoms with van der Waals surface area (Å²) >= 11 is 10.8. The van der Waals surface area contributed by atoms with Crippen LogP contribution >= 0.6 is 39.3 Å². The normalized spacial score (nSPS) is 15.8. The maximum Gasteiger partial charge on any atom is 0.151 e. The van der Waals surface area contributed by atoms with Crippen molar-refractivity contribution in [3.8, 4) is 11.5 Å². The zero-order valence-electron chi connectivity index (χ0n) is 10.8. The van der Waals surface area contributed by atoms with E-state index in [2.05, 4.69) is 20.9 Å². The Morgan fingerprint density at radius 1 is 1.38 bits per heavy atom. The first-order valence-corrected chi connectivity index (χ1v) is 8.30. The number of nitrogens with two attached hydrogens (primary N) is 1. The van der Waals surface area contributed by atoms with E-state index >= 15 is 0 Å². The van der Waals surface area contributed by atoms with Gasteiger partial charge in [-0.1, -0.05) is 39.3 Å². The Morgan fingerprint density at radius 2 is 2.14 bits per heavy atom. The van der Waals surface area contributed by atoms with Crippen LogP contribution in [0.15, 0.2) is 34.9 Å². The van der Waals surface area contributed by atoms with E-state index in [9.17, 15) is 0 Å². The van der Waals surface area contributed by atoms with Crippen molar-refractivity contribution in [2.45, 2.75) is 5.92 Å². The predicted molar refractivity (Wildman–Crippen MR) is 89.7 cm³/mol. The van der Waals surface area contributed by atoms with Gasteiger partial charge in [0.05, 0.1) is 6.20 Å². The third-order valence-electron chi connectivity index (χ3n) is 3.21. The molecule has 3 N–H and O–H groups in total. The molecule has 1 atom stereocenters. The third-order valence-corrected chi connectivity index (χ3v) is 4.72. The van der Waals surface area contributed by atoms with Crippen molar-refractivity contribution in [3.05, 3.63) is 51.2 Å². The van der Waals surface area contributed by atoms with Gasteiger partial charge < -0.3 is 10.5 Å². The van der Waals surface area contributed by atoms with Gasteiger partial charge >= 0.3 is 0 Å². The minimum Gasteiger partial charge on any atom is -0.455 e. The van der Waals surface area contributed by atoms with Crippen molar-refractivity contribution in [1.29, 1.82) is 5.41 Å². The molecule has 1 aliphatic heterocycles. The lowest BCUT2D eigenvalue weighted by Gasteiger charge is -2.28. The number of thioether (sulfide) groups is 1. The number of nitrogens with one attached hydrogen (secondary N) is 1. The third kappa shape index (κ3) is 3.02. The van der Waals surface area contributed by atoms with E-state index in [4.69, 9.17) is 27.5 Å². The first kappa shape index (κ1) is 14.7. The topological polar surface area (TPSA) is 72.0 Å². The van der Waals surface area contributed by atoms with E-state index < -0.39 is 0 Å². The van der Waals surface area contributed by atoms with Crippen LogP contribution in [-0.4, -0.2) is 15.9 Å². The Hall–Kier alpha value is -1.24. The number of benzene rings is 1. The Bertz CT molecular complexity index is 674. The molecule has 1 aromatic carbocycles. The Labute approximate surface area is 139 Å². The van der Waals surface area contributed by atoms with Gasteiger partial charge in [-0.2, -0.15) is 0 Å². The standard InChI is InChI=1S/C14H11BrClN3OS/c15-7-1-2-11-8(3-7)10(6-21-14(17)18)9-4-13(16)19-5-12(9)20-11/h1-5,10H,6H2,(H3,17,18). The van der Waals surface area contributed by atoms with E-state index in [0.717, 1.165) is 21.3 Å². The fraction of sp³-hybridized carbons (Fsp3) is 0.143. The molecule has 0 bridgehead atoms. The molecule has 0 saturated heterocycles.